The summed E-state index contributed by atoms with van der Waals surface area (Å²) in [7, 11) is 0. The summed E-state index contributed by atoms with van der Waals surface area (Å²) in [6.07, 6.45) is 4.03. The van der Waals surface area contributed by atoms with Gasteiger partial charge in [0.1, 0.15) is 0 Å². The second-order valence-electron chi connectivity index (χ2n) is 8.11. The molecule has 3 aromatic carbocycles. The first-order valence-corrected chi connectivity index (χ1v) is 10.7. The molecule has 1 unspecified atom stereocenters. The zero-order chi connectivity index (χ0) is 20.3. The second kappa shape index (κ2) is 8.29. The lowest BCUT2D eigenvalue weighted by molar-refractivity contribution is 0.0945. The number of Topliss-reactive ketones (excluding diaryl/α,β-unsaturated/α-hetero) is 1. The smallest absolute Gasteiger partial charge is 0.180 e. The largest absolute Gasteiger partial charge is 0.367 e. The van der Waals surface area contributed by atoms with E-state index in [0.717, 1.165) is 38.0 Å². The van der Waals surface area contributed by atoms with Crippen molar-refractivity contribution in [2.45, 2.75) is 25.4 Å². The molecule has 2 heterocycles. The van der Waals surface area contributed by atoms with E-state index in [1.165, 1.54) is 28.0 Å². The SMILES string of the molecule is O=C(c1ccccc1)C1CC(c2ccc(N3CCc4ccccc4C3)cc2)=CCN1. The van der Waals surface area contributed by atoms with Gasteiger partial charge in [-0.25, -0.2) is 0 Å². The van der Waals surface area contributed by atoms with E-state index in [1.807, 2.05) is 30.3 Å². The fraction of sp³-hybridized carbons (Fsp3) is 0.222. The Morgan fingerprint density at radius 2 is 1.60 bits per heavy atom. The van der Waals surface area contributed by atoms with Crippen LogP contribution >= 0.6 is 0 Å². The number of benzene rings is 3. The van der Waals surface area contributed by atoms with Gasteiger partial charge >= 0.3 is 0 Å². The van der Waals surface area contributed by atoms with Crippen LogP contribution in [0.2, 0.25) is 0 Å². The van der Waals surface area contributed by atoms with Crippen LogP contribution in [0.25, 0.3) is 5.57 Å². The maximum Gasteiger partial charge on any atom is 0.180 e. The third kappa shape index (κ3) is 3.81. The molecule has 0 aliphatic carbocycles. The van der Waals surface area contributed by atoms with Gasteiger partial charge in [-0.1, -0.05) is 72.8 Å². The lowest BCUT2D eigenvalue weighted by Gasteiger charge is -2.31. The van der Waals surface area contributed by atoms with Crippen LogP contribution in [0.15, 0.2) is 84.9 Å². The fourth-order valence-corrected chi connectivity index (χ4v) is 4.53. The third-order valence-electron chi connectivity index (χ3n) is 6.25. The fourth-order valence-electron chi connectivity index (χ4n) is 4.53. The van der Waals surface area contributed by atoms with E-state index in [2.05, 4.69) is 64.8 Å². The standard InChI is InChI=1S/C27H26N2O/c30-27(22-7-2-1-3-8-22)26-18-23(14-16-28-26)21-10-12-25(13-11-21)29-17-15-20-6-4-5-9-24(20)19-29/h1-14,26,28H,15-19H2. The summed E-state index contributed by atoms with van der Waals surface area (Å²) in [5, 5.41) is 3.36. The molecule has 0 saturated carbocycles. The van der Waals surface area contributed by atoms with Crippen molar-refractivity contribution in [1.82, 2.24) is 5.32 Å². The van der Waals surface area contributed by atoms with Gasteiger partial charge in [-0.3, -0.25) is 4.79 Å². The number of nitrogens with one attached hydrogen (secondary N) is 1. The molecule has 2 aliphatic heterocycles. The first-order chi connectivity index (χ1) is 14.8. The van der Waals surface area contributed by atoms with Gasteiger partial charge < -0.3 is 10.2 Å². The topological polar surface area (TPSA) is 32.3 Å². The van der Waals surface area contributed by atoms with Gasteiger partial charge in [0.25, 0.3) is 0 Å². The van der Waals surface area contributed by atoms with Gasteiger partial charge in [0.15, 0.2) is 5.78 Å². The first-order valence-electron chi connectivity index (χ1n) is 10.7. The summed E-state index contributed by atoms with van der Waals surface area (Å²) < 4.78 is 0. The zero-order valence-corrected chi connectivity index (χ0v) is 17.1. The van der Waals surface area contributed by atoms with Crippen LogP contribution in [0.1, 0.15) is 33.5 Å². The predicted octanol–water partition coefficient (Wildman–Crippen LogP) is 4.88. The highest BCUT2D eigenvalue weighted by Gasteiger charge is 2.24. The van der Waals surface area contributed by atoms with Crippen LogP contribution in [0, 0.1) is 0 Å². The monoisotopic (exact) mass is 394 g/mol. The van der Waals surface area contributed by atoms with Crippen LogP contribution < -0.4 is 10.2 Å². The molecular formula is C27H26N2O. The van der Waals surface area contributed by atoms with E-state index in [9.17, 15) is 4.79 Å². The molecule has 3 nitrogen and oxygen atoms in total. The highest BCUT2D eigenvalue weighted by molar-refractivity contribution is 6.01. The van der Waals surface area contributed by atoms with Crippen molar-refractivity contribution in [3.63, 3.8) is 0 Å². The van der Waals surface area contributed by atoms with Crippen LogP contribution in [-0.2, 0) is 13.0 Å². The summed E-state index contributed by atoms with van der Waals surface area (Å²) in [4.78, 5) is 15.3. The molecule has 0 fully saturated rings. The average molecular weight is 395 g/mol. The normalized spacial score (nSPS) is 18.5. The summed E-state index contributed by atoms with van der Waals surface area (Å²) in [5.74, 6) is 0.171. The Morgan fingerprint density at radius 1 is 0.867 bits per heavy atom. The minimum atomic E-state index is -0.161. The second-order valence-corrected chi connectivity index (χ2v) is 8.11. The molecule has 0 aromatic heterocycles. The molecule has 5 rings (SSSR count). The molecule has 0 bridgehead atoms. The number of carbonyl (C=O) groups excluding carboxylic acids is 1. The Labute approximate surface area is 178 Å². The number of hydrogen-bond donors (Lipinski definition) is 1. The molecule has 0 amide bonds. The highest BCUT2D eigenvalue weighted by atomic mass is 16.1. The third-order valence-corrected chi connectivity index (χ3v) is 6.25. The van der Waals surface area contributed by atoms with Gasteiger partial charge in [0, 0.05) is 30.9 Å². The summed E-state index contributed by atoms with van der Waals surface area (Å²) in [6.45, 7) is 2.75. The summed E-state index contributed by atoms with van der Waals surface area (Å²) in [6, 6.07) is 27.0. The number of anilines is 1. The predicted molar refractivity (Wildman–Crippen MR) is 123 cm³/mol. The van der Waals surface area contributed by atoms with Crippen molar-refractivity contribution in [3.8, 4) is 0 Å². The maximum atomic E-state index is 12.8. The van der Waals surface area contributed by atoms with E-state index in [1.54, 1.807) is 0 Å². The van der Waals surface area contributed by atoms with Crippen LogP contribution in [0.3, 0.4) is 0 Å². The zero-order valence-electron chi connectivity index (χ0n) is 17.1. The van der Waals surface area contributed by atoms with E-state index in [-0.39, 0.29) is 11.8 Å². The van der Waals surface area contributed by atoms with Gasteiger partial charge in [0.05, 0.1) is 6.04 Å². The molecular weight excluding hydrogens is 368 g/mol. The van der Waals surface area contributed by atoms with Gasteiger partial charge in [-0.15, -0.1) is 0 Å². The average Bonchev–Trinajstić information content (AvgIpc) is 2.84. The van der Waals surface area contributed by atoms with Crippen molar-refractivity contribution >= 4 is 17.0 Å². The number of ketones is 1. The molecule has 30 heavy (non-hydrogen) atoms. The van der Waals surface area contributed by atoms with Gasteiger partial charge in [0.2, 0.25) is 0 Å². The van der Waals surface area contributed by atoms with Crippen LogP contribution in [0.4, 0.5) is 5.69 Å². The molecule has 2 aliphatic rings. The Balaban J connectivity index is 1.29. The van der Waals surface area contributed by atoms with Crippen molar-refractivity contribution in [3.05, 3.63) is 107 Å². The lowest BCUT2D eigenvalue weighted by Crippen LogP contribution is -2.39. The maximum absolute atomic E-state index is 12.8. The molecule has 3 heteroatoms. The molecule has 1 N–H and O–H groups in total. The van der Waals surface area contributed by atoms with Crippen molar-refractivity contribution < 1.29 is 4.79 Å². The molecule has 0 spiro atoms. The van der Waals surface area contributed by atoms with E-state index >= 15 is 0 Å². The number of fused-ring (bicyclic) bond motifs is 1. The number of hydrogen-bond acceptors (Lipinski definition) is 3. The number of carbonyl (C=O) groups is 1. The molecule has 150 valence electrons. The van der Waals surface area contributed by atoms with Crippen LogP contribution in [0.5, 0.6) is 0 Å². The molecule has 0 radical (unpaired) electrons. The first kappa shape index (κ1) is 18.8. The van der Waals surface area contributed by atoms with E-state index in [4.69, 9.17) is 0 Å². The minimum Gasteiger partial charge on any atom is -0.367 e. The summed E-state index contributed by atoms with van der Waals surface area (Å²) in [5.41, 5.74) is 7.40. The molecule has 0 saturated heterocycles. The van der Waals surface area contributed by atoms with E-state index < -0.39 is 0 Å². The van der Waals surface area contributed by atoms with Gasteiger partial charge in [-0.05, 0) is 47.2 Å². The minimum absolute atomic E-state index is 0.161. The Morgan fingerprint density at radius 3 is 2.40 bits per heavy atom. The Bertz CT molecular complexity index is 1070. The van der Waals surface area contributed by atoms with Crippen molar-refractivity contribution in [2.75, 3.05) is 18.0 Å². The highest BCUT2D eigenvalue weighted by Crippen LogP contribution is 2.28. The van der Waals surface area contributed by atoms with Crippen molar-refractivity contribution in [2.24, 2.45) is 0 Å². The van der Waals surface area contributed by atoms with Crippen molar-refractivity contribution in [1.29, 1.82) is 0 Å². The Hall–Kier alpha value is -3.17. The lowest BCUT2D eigenvalue weighted by atomic mass is 9.91. The van der Waals surface area contributed by atoms with E-state index in [0.29, 0.717) is 0 Å². The number of nitrogens with zero attached hydrogens (tertiary/aromatic N) is 1. The van der Waals surface area contributed by atoms with Crippen LogP contribution in [-0.4, -0.2) is 24.9 Å². The number of rotatable bonds is 4. The Kier molecular flexibility index (Phi) is 5.20. The quantitative estimate of drug-likeness (QED) is 0.640. The molecule has 1 atom stereocenters. The molecule has 3 aromatic rings. The van der Waals surface area contributed by atoms with Gasteiger partial charge in [-0.2, -0.15) is 0 Å². The summed E-state index contributed by atoms with van der Waals surface area (Å²) >= 11 is 0.